The molecule has 25 heavy (non-hydrogen) atoms. The summed E-state index contributed by atoms with van der Waals surface area (Å²) in [6, 6.07) is 6.25. The molecule has 1 saturated heterocycles. The molecule has 1 aromatic carbocycles. The molecule has 1 N–H and O–H groups in total. The van der Waals surface area contributed by atoms with E-state index in [0.717, 1.165) is 37.2 Å². The van der Waals surface area contributed by atoms with Gasteiger partial charge in [0.1, 0.15) is 0 Å². The zero-order chi connectivity index (χ0) is 17.6. The van der Waals surface area contributed by atoms with E-state index in [4.69, 9.17) is 9.47 Å². The minimum absolute atomic E-state index is 0.153. The molecule has 3 rings (SSSR count). The lowest BCUT2D eigenvalue weighted by atomic mass is 10.0. The van der Waals surface area contributed by atoms with Crippen molar-refractivity contribution in [3.05, 3.63) is 23.8 Å². The summed E-state index contributed by atoms with van der Waals surface area (Å²) in [5.74, 6) is 1.69. The van der Waals surface area contributed by atoms with Crippen molar-refractivity contribution in [2.45, 2.75) is 57.0 Å². The van der Waals surface area contributed by atoms with E-state index >= 15 is 0 Å². The van der Waals surface area contributed by atoms with E-state index in [9.17, 15) is 4.79 Å². The van der Waals surface area contributed by atoms with Crippen LogP contribution < -0.4 is 14.8 Å². The van der Waals surface area contributed by atoms with E-state index < -0.39 is 0 Å². The van der Waals surface area contributed by atoms with Gasteiger partial charge in [-0.25, -0.2) is 0 Å². The topological polar surface area (TPSA) is 50.8 Å². The van der Waals surface area contributed by atoms with Gasteiger partial charge in [0, 0.05) is 19.1 Å². The fraction of sp³-hybridized carbons (Fsp3) is 0.650. The van der Waals surface area contributed by atoms with Crippen LogP contribution >= 0.6 is 0 Å². The van der Waals surface area contributed by atoms with Gasteiger partial charge in [0.15, 0.2) is 11.5 Å². The average molecular weight is 346 g/mol. The van der Waals surface area contributed by atoms with Crippen LogP contribution in [0.2, 0.25) is 0 Å². The molecule has 2 fully saturated rings. The molecule has 0 aromatic heterocycles. The minimum Gasteiger partial charge on any atom is -0.493 e. The number of hydrogen-bond donors (Lipinski definition) is 1. The van der Waals surface area contributed by atoms with Gasteiger partial charge in [-0.15, -0.1) is 0 Å². The van der Waals surface area contributed by atoms with Crippen LogP contribution in [0.3, 0.4) is 0 Å². The molecule has 1 saturated carbocycles. The Hall–Kier alpha value is -1.75. The van der Waals surface area contributed by atoms with Crippen LogP contribution in [0.4, 0.5) is 0 Å². The maximum Gasteiger partial charge on any atom is 0.240 e. The van der Waals surface area contributed by atoms with Crippen LogP contribution in [0.5, 0.6) is 11.5 Å². The lowest BCUT2D eigenvalue weighted by Crippen LogP contribution is -2.49. The summed E-state index contributed by atoms with van der Waals surface area (Å²) in [6.45, 7) is 1.79. The van der Waals surface area contributed by atoms with Crippen LogP contribution in [0.25, 0.3) is 0 Å². The minimum atomic E-state index is -0.153. The number of carbonyl (C=O) groups excluding carboxylic acids is 1. The highest BCUT2D eigenvalue weighted by Gasteiger charge is 2.29. The van der Waals surface area contributed by atoms with Crippen LogP contribution in [-0.2, 0) is 11.2 Å². The van der Waals surface area contributed by atoms with Gasteiger partial charge < -0.3 is 19.7 Å². The van der Waals surface area contributed by atoms with Crippen molar-refractivity contribution in [1.82, 2.24) is 10.2 Å². The number of likely N-dealkylation sites (tertiary alicyclic amines) is 1. The van der Waals surface area contributed by atoms with Crippen molar-refractivity contribution < 1.29 is 14.3 Å². The molecule has 1 amide bonds. The second kappa shape index (κ2) is 8.56. The van der Waals surface area contributed by atoms with E-state index in [1.807, 2.05) is 23.1 Å². The number of benzene rings is 1. The van der Waals surface area contributed by atoms with Crippen molar-refractivity contribution in [3.63, 3.8) is 0 Å². The first kappa shape index (κ1) is 18.1. The molecule has 0 spiro atoms. The van der Waals surface area contributed by atoms with Gasteiger partial charge >= 0.3 is 0 Å². The van der Waals surface area contributed by atoms with Gasteiger partial charge in [-0.3, -0.25) is 4.79 Å². The van der Waals surface area contributed by atoms with E-state index in [-0.39, 0.29) is 11.9 Å². The molecule has 1 aliphatic heterocycles. The first-order chi connectivity index (χ1) is 12.2. The summed E-state index contributed by atoms with van der Waals surface area (Å²) in [6.07, 6.45) is 7.81. The lowest BCUT2D eigenvalue weighted by Gasteiger charge is -2.27. The summed E-state index contributed by atoms with van der Waals surface area (Å²) in [5, 5.41) is 3.64. The van der Waals surface area contributed by atoms with Crippen LogP contribution in [-0.4, -0.2) is 50.2 Å². The van der Waals surface area contributed by atoms with Gasteiger partial charge in [-0.05, 0) is 49.8 Å². The summed E-state index contributed by atoms with van der Waals surface area (Å²) < 4.78 is 10.7. The Labute approximate surface area is 150 Å². The Morgan fingerprint density at radius 3 is 2.44 bits per heavy atom. The highest BCUT2D eigenvalue weighted by molar-refractivity contribution is 5.82. The fourth-order valence-corrected chi connectivity index (χ4v) is 4.00. The van der Waals surface area contributed by atoms with E-state index in [1.165, 1.54) is 25.7 Å². The van der Waals surface area contributed by atoms with Gasteiger partial charge in [0.25, 0.3) is 0 Å². The molecule has 1 unspecified atom stereocenters. The Bertz CT molecular complexity index is 578. The Balaban J connectivity index is 1.74. The number of hydrogen-bond acceptors (Lipinski definition) is 4. The van der Waals surface area contributed by atoms with Gasteiger partial charge in [-0.2, -0.15) is 0 Å². The van der Waals surface area contributed by atoms with Crippen molar-refractivity contribution in [2.24, 2.45) is 0 Å². The maximum atomic E-state index is 13.0. The molecule has 0 bridgehead atoms. The Morgan fingerprint density at radius 2 is 1.80 bits per heavy atom. The second-order valence-electron chi connectivity index (χ2n) is 7.13. The smallest absolute Gasteiger partial charge is 0.240 e. The number of methoxy groups -OCH3 is 2. The lowest BCUT2D eigenvalue weighted by molar-refractivity contribution is -0.132. The van der Waals surface area contributed by atoms with Crippen molar-refractivity contribution in [1.29, 1.82) is 0 Å². The molecule has 1 aliphatic carbocycles. The summed E-state index contributed by atoms with van der Waals surface area (Å²) in [7, 11) is 3.28. The molecule has 0 radical (unpaired) electrons. The number of ether oxygens (including phenoxy) is 2. The predicted octanol–water partition coefficient (Wildman–Crippen LogP) is 2.77. The number of nitrogens with zero attached hydrogens (tertiary/aromatic N) is 1. The predicted molar refractivity (Wildman–Crippen MR) is 98.2 cm³/mol. The molecule has 1 atom stereocenters. The Kier molecular flexibility index (Phi) is 6.19. The average Bonchev–Trinajstić information content (AvgIpc) is 3.34. The number of amides is 1. The first-order valence-corrected chi connectivity index (χ1v) is 9.47. The summed E-state index contributed by atoms with van der Waals surface area (Å²) >= 11 is 0. The largest absolute Gasteiger partial charge is 0.493 e. The van der Waals surface area contributed by atoms with Gasteiger partial charge in [-0.1, -0.05) is 18.9 Å². The molecule has 2 aliphatic rings. The van der Waals surface area contributed by atoms with Crippen molar-refractivity contribution in [3.8, 4) is 11.5 Å². The second-order valence-corrected chi connectivity index (χ2v) is 7.13. The highest BCUT2D eigenvalue weighted by Crippen LogP contribution is 2.28. The van der Waals surface area contributed by atoms with E-state index in [2.05, 4.69) is 5.32 Å². The standard InChI is InChI=1S/C20H30N2O3/c1-24-18-10-9-15(14-19(18)25-2)13-17(21-16-7-3-4-8-16)20(23)22-11-5-6-12-22/h9-10,14,16-17,21H,3-8,11-13H2,1-2H3. The SMILES string of the molecule is COc1ccc(CC(NC2CCCC2)C(=O)N2CCCC2)cc1OC. The Morgan fingerprint density at radius 1 is 1.12 bits per heavy atom. The molecular weight excluding hydrogens is 316 g/mol. The third-order valence-corrected chi connectivity index (χ3v) is 5.40. The molecule has 1 aromatic rings. The fourth-order valence-electron chi connectivity index (χ4n) is 4.00. The zero-order valence-electron chi connectivity index (χ0n) is 15.4. The first-order valence-electron chi connectivity index (χ1n) is 9.47. The zero-order valence-corrected chi connectivity index (χ0v) is 15.4. The van der Waals surface area contributed by atoms with Crippen molar-refractivity contribution >= 4 is 5.91 Å². The van der Waals surface area contributed by atoms with E-state index in [1.54, 1.807) is 14.2 Å². The van der Waals surface area contributed by atoms with Gasteiger partial charge in [0.05, 0.1) is 20.3 Å². The quantitative estimate of drug-likeness (QED) is 0.825. The number of rotatable bonds is 7. The molecule has 5 heteroatoms. The van der Waals surface area contributed by atoms with Gasteiger partial charge in [0.2, 0.25) is 5.91 Å². The third kappa shape index (κ3) is 4.46. The highest BCUT2D eigenvalue weighted by atomic mass is 16.5. The van der Waals surface area contributed by atoms with Crippen LogP contribution in [0.1, 0.15) is 44.1 Å². The summed E-state index contributed by atoms with van der Waals surface area (Å²) in [5.41, 5.74) is 1.10. The molecular formula is C20H30N2O3. The number of nitrogens with one attached hydrogen (secondary N) is 1. The number of carbonyl (C=O) groups is 1. The van der Waals surface area contributed by atoms with Crippen LogP contribution in [0, 0.1) is 0 Å². The van der Waals surface area contributed by atoms with Crippen molar-refractivity contribution in [2.75, 3.05) is 27.3 Å². The third-order valence-electron chi connectivity index (χ3n) is 5.40. The maximum absolute atomic E-state index is 13.0. The van der Waals surface area contributed by atoms with E-state index in [0.29, 0.717) is 18.2 Å². The molecule has 138 valence electrons. The van der Waals surface area contributed by atoms with Crippen LogP contribution in [0.15, 0.2) is 18.2 Å². The molecule has 1 heterocycles. The normalized spacial score (nSPS) is 19.2. The summed E-state index contributed by atoms with van der Waals surface area (Å²) in [4.78, 5) is 15.0. The molecule has 5 nitrogen and oxygen atoms in total. The monoisotopic (exact) mass is 346 g/mol.